The van der Waals surface area contributed by atoms with Crippen LogP contribution in [0.15, 0.2) is 42.6 Å². The quantitative estimate of drug-likeness (QED) is 0.833. The van der Waals surface area contributed by atoms with Crippen molar-refractivity contribution < 1.29 is 9.53 Å². The molecule has 4 rings (SSSR count). The predicted octanol–water partition coefficient (Wildman–Crippen LogP) is 3.38. The molecule has 0 saturated carbocycles. The second kappa shape index (κ2) is 8.19. The van der Waals surface area contributed by atoms with E-state index in [1.54, 1.807) is 6.20 Å². The summed E-state index contributed by atoms with van der Waals surface area (Å²) in [4.78, 5) is 21.4. The van der Waals surface area contributed by atoms with Gasteiger partial charge in [-0.2, -0.15) is 0 Å². The van der Waals surface area contributed by atoms with E-state index in [1.807, 2.05) is 17.0 Å². The van der Waals surface area contributed by atoms with E-state index in [0.717, 1.165) is 11.3 Å². The number of pyridine rings is 1. The molecule has 0 spiro atoms. The highest BCUT2D eigenvalue weighted by Crippen LogP contribution is 2.26. The number of hydrogen-bond donors (Lipinski definition) is 0. The fourth-order valence-electron chi connectivity index (χ4n) is 3.91. The third-order valence-corrected chi connectivity index (χ3v) is 5.69. The molecule has 1 amide bonds. The summed E-state index contributed by atoms with van der Waals surface area (Å²) in [6, 6.07) is 12.9. The molecule has 0 N–H and O–H groups in total. The molecule has 0 radical (unpaired) electrons. The lowest BCUT2D eigenvalue weighted by Gasteiger charge is -2.26. The van der Waals surface area contributed by atoms with Crippen LogP contribution in [0.1, 0.15) is 41.7 Å². The highest BCUT2D eigenvalue weighted by molar-refractivity contribution is 5.94. The number of morpholine rings is 1. The van der Waals surface area contributed by atoms with Crippen LogP contribution in [0, 0.1) is 0 Å². The Morgan fingerprint density at radius 2 is 1.70 bits per heavy atom. The Balaban J connectivity index is 1.44. The third-order valence-electron chi connectivity index (χ3n) is 5.69. The molecular formula is C22H27N3O2. The summed E-state index contributed by atoms with van der Waals surface area (Å²) >= 11 is 0. The van der Waals surface area contributed by atoms with Crippen molar-refractivity contribution in [1.29, 1.82) is 0 Å². The first-order chi connectivity index (χ1) is 13.2. The molecule has 5 nitrogen and oxygen atoms in total. The number of carbonyl (C=O) groups excluding carboxylic acids is 1. The number of carbonyl (C=O) groups is 1. The van der Waals surface area contributed by atoms with E-state index >= 15 is 0 Å². The lowest BCUT2D eigenvalue weighted by molar-refractivity contribution is 0.0302. The molecule has 27 heavy (non-hydrogen) atoms. The summed E-state index contributed by atoms with van der Waals surface area (Å²) in [5.41, 5.74) is 3.96. The molecule has 1 atom stereocenters. The van der Waals surface area contributed by atoms with Crippen LogP contribution < -0.4 is 0 Å². The van der Waals surface area contributed by atoms with E-state index in [0.29, 0.717) is 37.9 Å². The first-order valence-corrected chi connectivity index (χ1v) is 9.90. The number of likely N-dealkylation sites (tertiary alicyclic amines) is 1. The number of ether oxygens (including phenoxy) is 1. The van der Waals surface area contributed by atoms with Crippen molar-refractivity contribution in [2.75, 3.05) is 39.4 Å². The van der Waals surface area contributed by atoms with Gasteiger partial charge in [-0.05, 0) is 50.6 Å². The normalized spacial score (nSPS) is 19.2. The summed E-state index contributed by atoms with van der Waals surface area (Å²) < 4.78 is 5.31. The minimum Gasteiger partial charge on any atom is -0.378 e. The summed E-state index contributed by atoms with van der Waals surface area (Å²) in [6.07, 6.45) is 4.30. The van der Waals surface area contributed by atoms with Gasteiger partial charge < -0.3 is 9.64 Å². The number of amides is 1. The lowest BCUT2D eigenvalue weighted by Crippen LogP contribution is -2.40. The Kier molecular flexibility index (Phi) is 5.50. The van der Waals surface area contributed by atoms with Crippen LogP contribution in [-0.2, 0) is 4.74 Å². The Bertz CT molecular complexity index is 761. The predicted molar refractivity (Wildman–Crippen MR) is 106 cm³/mol. The lowest BCUT2D eigenvalue weighted by atomic mass is 10.0. The number of hydrogen-bond acceptors (Lipinski definition) is 4. The van der Waals surface area contributed by atoms with Crippen LogP contribution in [0.4, 0.5) is 0 Å². The molecule has 2 aliphatic heterocycles. The fourth-order valence-corrected chi connectivity index (χ4v) is 3.91. The van der Waals surface area contributed by atoms with Gasteiger partial charge in [0.25, 0.3) is 5.91 Å². The number of rotatable bonds is 4. The molecule has 0 aliphatic carbocycles. The van der Waals surface area contributed by atoms with Crippen LogP contribution in [0.2, 0.25) is 0 Å². The summed E-state index contributed by atoms with van der Waals surface area (Å²) in [6.45, 7) is 7.20. The highest BCUT2D eigenvalue weighted by atomic mass is 16.5. The Hall–Kier alpha value is -2.24. The smallest absolute Gasteiger partial charge is 0.255 e. The minimum atomic E-state index is 0.0344. The van der Waals surface area contributed by atoms with Gasteiger partial charge in [0, 0.05) is 30.9 Å². The van der Waals surface area contributed by atoms with E-state index in [-0.39, 0.29) is 5.91 Å². The Morgan fingerprint density at radius 1 is 1.00 bits per heavy atom. The van der Waals surface area contributed by atoms with Gasteiger partial charge in [0.05, 0.1) is 24.5 Å². The van der Waals surface area contributed by atoms with Gasteiger partial charge in [-0.15, -0.1) is 0 Å². The van der Waals surface area contributed by atoms with Gasteiger partial charge in [-0.1, -0.05) is 24.3 Å². The maximum absolute atomic E-state index is 12.5. The SMILES string of the molecule is C[C@@H](c1ccc(-c2ccc(C(=O)N3CCOCC3)cn2)cc1)N1CCCC1. The topological polar surface area (TPSA) is 45.7 Å². The van der Waals surface area contributed by atoms with Gasteiger partial charge in [0.15, 0.2) is 0 Å². The van der Waals surface area contributed by atoms with Gasteiger partial charge in [0.2, 0.25) is 0 Å². The van der Waals surface area contributed by atoms with Crippen molar-refractivity contribution in [1.82, 2.24) is 14.8 Å². The van der Waals surface area contributed by atoms with E-state index in [1.165, 1.54) is 31.5 Å². The van der Waals surface area contributed by atoms with Gasteiger partial charge >= 0.3 is 0 Å². The number of nitrogens with zero attached hydrogens (tertiary/aromatic N) is 3. The van der Waals surface area contributed by atoms with Crippen LogP contribution in [-0.4, -0.2) is 60.1 Å². The zero-order chi connectivity index (χ0) is 18.6. The number of benzene rings is 1. The van der Waals surface area contributed by atoms with Crippen molar-refractivity contribution in [3.05, 3.63) is 53.7 Å². The molecule has 0 unspecified atom stereocenters. The second-order valence-corrected chi connectivity index (χ2v) is 7.38. The van der Waals surface area contributed by atoms with Crippen molar-refractivity contribution in [3.8, 4) is 11.3 Å². The van der Waals surface area contributed by atoms with E-state index < -0.39 is 0 Å². The maximum Gasteiger partial charge on any atom is 0.255 e. The number of aromatic nitrogens is 1. The molecule has 5 heteroatoms. The summed E-state index contributed by atoms with van der Waals surface area (Å²) in [5.74, 6) is 0.0344. The summed E-state index contributed by atoms with van der Waals surface area (Å²) in [7, 11) is 0. The Labute approximate surface area is 161 Å². The van der Waals surface area contributed by atoms with Crippen LogP contribution in [0.25, 0.3) is 11.3 Å². The van der Waals surface area contributed by atoms with Crippen LogP contribution in [0.5, 0.6) is 0 Å². The maximum atomic E-state index is 12.5. The van der Waals surface area contributed by atoms with Crippen LogP contribution in [0.3, 0.4) is 0 Å². The standard InChI is InChI=1S/C22H27N3O2/c1-17(24-10-2-3-11-24)18-4-6-19(7-5-18)21-9-8-20(16-23-21)22(26)25-12-14-27-15-13-25/h4-9,16-17H,2-3,10-15H2,1H3/t17-/m0/s1. The summed E-state index contributed by atoms with van der Waals surface area (Å²) in [5, 5.41) is 0. The zero-order valence-electron chi connectivity index (χ0n) is 15.9. The first kappa shape index (κ1) is 18.1. The van der Waals surface area contributed by atoms with E-state index in [2.05, 4.69) is 41.1 Å². The molecule has 2 fully saturated rings. The average Bonchev–Trinajstić information content (AvgIpc) is 3.28. The van der Waals surface area contributed by atoms with Crippen molar-refractivity contribution in [2.45, 2.75) is 25.8 Å². The highest BCUT2D eigenvalue weighted by Gasteiger charge is 2.20. The molecule has 2 saturated heterocycles. The Morgan fingerprint density at radius 3 is 2.33 bits per heavy atom. The molecule has 1 aromatic carbocycles. The molecule has 1 aromatic heterocycles. The van der Waals surface area contributed by atoms with Crippen molar-refractivity contribution >= 4 is 5.91 Å². The third kappa shape index (κ3) is 4.04. The van der Waals surface area contributed by atoms with Gasteiger partial charge in [-0.25, -0.2) is 0 Å². The van der Waals surface area contributed by atoms with Gasteiger partial charge in [-0.3, -0.25) is 14.7 Å². The molecule has 0 bridgehead atoms. The molecule has 3 heterocycles. The zero-order valence-corrected chi connectivity index (χ0v) is 15.9. The molecular weight excluding hydrogens is 338 g/mol. The largest absolute Gasteiger partial charge is 0.378 e. The second-order valence-electron chi connectivity index (χ2n) is 7.38. The van der Waals surface area contributed by atoms with Crippen LogP contribution >= 0.6 is 0 Å². The molecule has 2 aromatic rings. The van der Waals surface area contributed by atoms with Gasteiger partial charge in [0.1, 0.15) is 0 Å². The fraction of sp³-hybridized carbons (Fsp3) is 0.455. The first-order valence-electron chi connectivity index (χ1n) is 9.90. The molecule has 2 aliphatic rings. The monoisotopic (exact) mass is 365 g/mol. The van der Waals surface area contributed by atoms with Crippen molar-refractivity contribution in [3.63, 3.8) is 0 Å². The average molecular weight is 365 g/mol. The minimum absolute atomic E-state index is 0.0344. The van der Waals surface area contributed by atoms with Crippen molar-refractivity contribution in [2.24, 2.45) is 0 Å². The molecule has 142 valence electrons. The van der Waals surface area contributed by atoms with E-state index in [4.69, 9.17) is 4.74 Å². The van der Waals surface area contributed by atoms with E-state index in [9.17, 15) is 4.79 Å².